The fourth-order valence-electron chi connectivity index (χ4n) is 0.920. The Morgan fingerprint density at radius 1 is 0.733 bits per heavy atom. The summed E-state index contributed by atoms with van der Waals surface area (Å²) in [6, 6.07) is 0. The predicted octanol–water partition coefficient (Wildman–Crippen LogP) is 5.92. The van der Waals surface area contributed by atoms with Gasteiger partial charge in [0.1, 0.15) is 0 Å². The minimum atomic E-state index is 1.15. The van der Waals surface area contributed by atoms with E-state index in [1.807, 2.05) is 12.2 Å². The van der Waals surface area contributed by atoms with Crippen LogP contribution in [0.2, 0.25) is 0 Å². The molecule has 0 aromatic heterocycles. The zero-order valence-corrected chi connectivity index (χ0v) is 10.9. The van der Waals surface area contributed by atoms with Gasteiger partial charge in [-0.15, -0.1) is 26.3 Å². The molecule has 0 aromatic carbocycles. The molecule has 0 aliphatic rings. The highest BCUT2D eigenvalue weighted by Crippen LogP contribution is 2.01. The Bertz CT molecular complexity index is 103. The molecule has 0 atom stereocenters. The summed E-state index contributed by atoms with van der Waals surface area (Å²) in [5.74, 6) is 0. The van der Waals surface area contributed by atoms with Crippen LogP contribution in [0.15, 0.2) is 38.5 Å². The molecule has 0 unspecified atom stereocenters. The minimum absolute atomic E-state index is 1.15. The van der Waals surface area contributed by atoms with Crippen LogP contribution in [0.5, 0.6) is 0 Å². The molecule has 15 heavy (non-hydrogen) atoms. The molecular formula is C15H30. The van der Waals surface area contributed by atoms with Gasteiger partial charge >= 0.3 is 0 Å². The quantitative estimate of drug-likeness (QED) is 0.361. The number of unbranched alkanes of at least 4 members (excludes halogenated alkanes) is 5. The van der Waals surface area contributed by atoms with Crippen LogP contribution < -0.4 is 0 Å². The molecule has 0 radical (unpaired) electrons. The van der Waals surface area contributed by atoms with E-state index in [-0.39, 0.29) is 0 Å². The molecule has 0 fully saturated rings. The van der Waals surface area contributed by atoms with Crippen molar-refractivity contribution < 1.29 is 0 Å². The Morgan fingerprint density at radius 2 is 1.27 bits per heavy atom. The van der Waals surface area contributed by atoms with Gasteiger partial charge in [-0.25, -0.2) is 0 Å². The van der Waals surface area contributed by atoms with Gasteiger partial charge in [-0.1, -0.05) is 51.7 Å². The molecule has 0 spiro atoms. The van der Waals surface area contributed by atoms with E-state index in [1.165, 1.54) is 38.5 Å². The van der Waals surface area contributed by atoms with Crippen LogP contribution in [0.25, 0.3) is 0 Å². The number of rotatable bonds is 7. The van der Waals surface area contributed by atoms with Crippen LogP contribution in [0.4, 0.5) is 0 Å². The van der Waals surface area contributed by atoms with E-state index in [2.05, 4.69) is 40.2 Å². The lowest BCUT2D eigenvalue weighted by Gasteiger charge is -1.91. The summed E-state index contributed by atoms with van der Waals surface area (Å²) in [7, 11) is 0. The highest BCUT2D eigenvalue weighted by Gasteiger charge is 1.81. The standard InChI is InChI=1S/C8H16.C5H10.C2H4/c1-3-5-7-8-6-4-2;1-3-5-4-2;1-2/h3H,1,4-8H2,2H3;3H,1,4-5H2,2H3;1-2H2. The first-order chi connectivity index (χ1) is 7.33. The molecule has 90 valence electrons. The largest absolute Gasteiger partial charge is 0.106 e. The Balaban J connectivity index is -0.000000177. The molecule has 0 N–H and O–H groups in total. The molecule has 0 aliphatic heterocycles. The van der Waals surface area contributed by atoms with Gasteiger partial charge in [0.2, 0.25) is 0 Å². The van der Waals surface area contributed by atoms with Crippen LogP contribution in [-0.2, 0) is 0 Å². The zero-order chi connectivity index (χ0) is 12.4. The van der Waals surface area contributed by atoms with E-state index in [4.69, 9.17) is 0 Å². The van der Waals surface area contributed by atoms with E-state index < -0.39 is 0 Å². The summed E-state index contributed by atoms with van der Waals surface area (Å²) < 4.78 is 0. The molecule has 0 rings (SSSR count). The first-order valence-electron chi connectivity index (χ1n) is 6.05. The summed E-state index contributed by atoms with van der Waals surface area (Å²) in [5.41, 5.74) is 0. The molecule has 0 bridgehead atoms. The third-order valence-electron chi connectivity index (χ3n) is 1.75. The number of allylic oxidation sites excluding steroid dienone is 2. The van der Waals surface area contributed by atoms with Gasteiger partial charge in [0, 0.05) is 0 Å². The summed E-state index contributed by atoms with van der Waals surface area (Å²) in [6.45, 7) is 17.6. The number of hydrogen-bond acceptors (Lipinski definition) is 0. The lowest BCUT2D eigenvalue weighted by molar-refractivity contribution is 0.675. The Kier molecular flexibility index (Phi) is 38.5. The van der Waals surface area contributed by atoms with E-state index in [9.17, 15) is 0 Å². The monoisotopic (exact) mass is 210 g/mol. The Hall–Kier alpha value is -0.780. The highest BCUT2D eigenvalue weighted by molar-refractivity contribution is 4.65. The van der Waals surface area contributed by atoms with Crippen molar-refractivity contribution in [3.05, 3.63) is 38.5 Å². The van der Waals surface area contributed by atoms with Gasteiger partial charge in [-0.05, 0) is 19.3 Å². The molecule has 0 amide bonds. The van der Waals surface area contributed by atoms with Gasteiger partial charge in [0.05, 0.1) is 0 Å². The average Bonchev–Trinajstić information content (AvgIpc) is 2.29. The second-order valence-corrected chi connectivity index (χ2v) is 3.22. The molecule has 0 heterocycles. The fourth-order valence-corrected chi connectivity index (χ4v) is 0.920. The third-order valence-corrected chi connectivity index (χ3v) is 1.75. The van der Waals surface area contributed by atoms with Crippen LogP contribution in [0, 0.1) is 0 Å². The average molecular weight is 210 g/mol. The first-order valence-corrected chi connectivity index (χ1v) is 6.05. The SMILES string of the molecule is C=C.C=CCCC.C=CCCCCCC. The van der Waals surface area contributed by atoms with Crippen molar-refractivity contribution >= 4 is 0 Å². The smallest absolute Gasteiger partial charge is 0.0353 e. The minimum Gasteiger partial charge on any atom is -0.106 e. The second kappa shape index (κ2) is 29.2. The van der Waals surface area contributed by atoms with Crippen molar-refractivity contribution in [2.45, 2.75) is 58.8 Å². The van der Waals surface area contributed by atoms with E-state index in [0.717, 1.165) is 6.42 Å². The van der Waals surface area contributed by atoms with Gasteiger partial charge in [0.25, 0.3) is 0 Å². The topological polar surface area (TPSA) is 0 Å². The van der Waals surface area contributed by atoms with E-state index in [1.54, 1.807) is 0 Å². The maximum Gasteiger partial charge on any atom is -0.0353 e. The van der Waals surface area contributed by atoms with Crippen molar-refractivity contribution in [3.8, 4) is 0 Å². The van der Waals surface area contributed by atoms with E-state index in [0.29, 0.717) is 0 Å². The van der Waals surface area contributed by atoms with Crippen molar-refractivity contribution in [2.24, 2.45) is 0 Å². The molecule has 0 saturated heterocycles. The zero-order valence-electron chi connectivity index (χ0n) is 10.9. The maximum atomic E-state index is 3.66. The lowest BCUT2D eigenvalue weighted by Crippen LogP contribution is -1.71. The van der Waals surface area contributed by atoms with Crippen molar-refractivity contribution in [1.29, 1.82) is 0 Å². The first kappa shape index (κ1) is 19.7. The van der Waals surface area contributed by atoms with Gasteiger partial charge < -0.3 is 0 Å². The summed E-state index contributed by atoms with van der Waals surface area (Å²) >= 11 is 0. The predicted molar refractivity (Wildman–Crippen MR) is 75.3 cm³/mol. The highest BCUT2D eigenvalue weighted by atomic mass is 13.9. The second-order valence-electron chi connectivity index (χ2n) is 3.22. The van der Waals surface area contributed by atoms with Gasteiger partial charge in [-0.3, -0.25) is 0 Å². The van der Waals surface area contributed by atoms with Crippen LogP contribution in [-0.4, -0.2) is 0 Å². The Morgan fingerprint density at radius 3 is 1.53 bits per heavy atom. The normalized spacial score (nSPS) is 7.60. The molecule has 0 nitrogen and oxygen atoms in total. The summed E-state index contributed by atoms with van der Waals surface area (Å²) in [5, 5.41) is 0. The molecule has 0 saturated carbocycles. The lowest BCUT2D eigenvalue weighted by atomic mass is 10.2. The maximum absolute atomic E-state index is 3.66. The van der Waals surface area contributed by atoms with E-state index >= 15 is 0 Å². The van der Waals surface area contributed by atoms with Gasteiger partial charge in [0.15, 0.2) is 0 Å². The molecule has 0 heteroatoms. The van der Waals surface area contributed by atoms with Crippen LogP contribution in [0.1, 0.15) is 58.8 Å². The Labute approximate surface area is 97.8 Å². The molecule has 0 aliphatic carbocycles. The summed E-state index contributed by atoms with van der Waals surface area (Å²) in [6.07, 6.45) is 12.9. The number of hydrogen-bond donors (Lipinski definition) is 0. The van der Waals surface area contributed by atoms with Crippen LogP contribution in [0.3, 0.4) is 0 Å². The fraction of sp³-hybridized carbons (Fsp3) is 0.600. The molecule has 0 aromatic rings. The molecular weight excluding hydrogens is 180 g/mol. The summed E-state index contributed by atoms with van der Waals surface area (Å²) in [4.78, 5) is 0. The van der Waals surface area contributed by atoms with Crippen LogP contribution >= 0.6 is 0 Å². The third kappa shape index (κ3) is 43.0. The van der Waals surface area contributed by atoms with Crippen molar-refractivity contribution in [2.75, 3.05) is 0 Å². The van der Waals surface area contributed by atoms with Gasteiger partial charge in [-0.2, -0.15) is 0 Å². The van der Waals surface area contributed by atoms with Crippen molar-refractivity contribution in [3.63, 3.8) is 0 Å². The van der Waals surface area contributed by atoms with Crippen molar-refractivity contribution in [1.82, 2.24) is 0 Å².